The van der Waals surface area contributed by atoms with Gasteiger partial charge in [0.05, 0.1) is 6.61 Å². The van der Waals surface area contributed by atoms with Crippen LogP contribution in [0.15, 0.2) is 42.7 Å². The lowest BCUT2D eigenvalue weighted by molar-refractivity contribution is -0.168. The molecule has 1 aromatic carbocycles. The number of halogens is 4. The van der Waals surface area contributed by atoms with Crippen LogP contribution in [-0.4, -0.2) is 41.2 Å². The van der Waals surface area contributed by atoms with E-state index in [2.05, 4.69) is 15.2 Å². The molecular weight excluding hydrogens is 354 g/mol. The van der Waals surface area contributed by atoms with Crippen LogP contribution in [0.2, 0.25) is 0 Å². The monoisotopic (exact) mass is 373 g/mol. The number of carbonyl (C=O) groups is 1. The second kappa shape index (κ2) is 9.33. The Balaban J connectivity index is 1.77. The second-order valence-corrected chi connectivity index (χ2v) is 5.63. The van der Waals surface area contributed by atoms with Gasteiger partial charge in [-0.3, -0.25) is 9.48 Å². The molecule has 0 unspecified atom stereocenters. The van der Waals surface area contributed by atoms with Gasteiger partial charge in [0, 0.05) is 31.0 Å². The summed E-state index contributed by atoms with van der Waals surface area (Å²) < 4.78 is 56.1. The van der Waals surface area contributed by atoms with Crippen molar-refractivity contribution >= 4 is 5.91 Å². The van der Waals surface area contributed by atoms with E-state index >= 15 is 0 Å². The average molecular weight is 373 g/mol. The molecule has 2 rings (SSSR count). The van der Waals surface area contributed by atoms with Gasteiger partial charge in [-0.05, 0) is 30.2 Å². The first kappa shape index (κ1) is 19.9. The topological polar surface area (TPSA) is 56.2 Å². The van der Waals surface area contributed by atoms with Crippen LogP contribution in [0.4, 0.5) is 17.6 Å². The maximum Gasteiger partial charge on any atom is 0.330 e. The number of nitrogens with one attached hydrogen (secondary N) is 1. The molecule has 1 aromatic heterocycles. The molecule has 1 N–H and O–H groups in total. The molecule has 9 heteroatoms. The zero-order chi connectivity index (χ0) is 19.0. The highest BCUT2D eigenvalue weighted by atomic mass is 19.3. The number of ether oxygens (including phenoxy) is 1. The first-order valence-electron chi connectivity index (χ1n) is 7.97. The van der Waals surface area contributed by atoms with Crippen molar-refractivity contribution < 1.29 is 27.1 Å². The largest absolute Gasteiger partial charge is 0.370 e. The molecule has 26 heavy (non-hydrogen) atoms. The Morgan fingerprint density at radius 2 is 2.12 bits per heavy atom. The molecule has 0 atom stereocenters. The van der Waals surface area contributed by atoms with E-state index in [0.29, 0.717) is 30.6 Å². The van der Waals surface area contributed by atoms with Gasteiger partial charge in [-0.2, -0.15) is 13.9 Å². The quantitative estimate of drug-likeness (QED) is 0.514. The Labute approximate surface area is 148 Å². The highest BCUT2D eigenvalue weighted by molar-refractivity contribution is 5.94. The van der Waals surface area contributed by atoms with Crippen molar-refractivity contribution in [2.45, 2.75) is 31.9 Å². The first-order chi connectivity index (χ1) is 12.4. The summed E-state index contributed by atoms with van der Waals surface area (Å²) in [5, 5.41) is 6.79. The minimum atomic E-state index is -4.19. The van der Waals surface area contributed by atoms with Crippen molar-refractivity contribution in [3.8, 4) is 0 Å². The third-order valence-corrected chi connectivity index (χ3v) is 3.48. The zero-order valence-corrected chi connectivity index (χ0v) is 13.9. The van der Waals surface area contributed by atoms with E-state index in [1.54, 1.807) is 29.1 Å². The maximum atomic E-state index is 12.8. The summed E-state index contributed by atoms with van der Waals surface area (Å²) in [4.78, 5) is 12.1. The number of aromatic nitrogens is 2. The molecule has 0 aliphatic heterocycles. The smallest absolute Gasteiger partial charge is 0.330 e. The SMILES string of the molecule is O=C(NCCCn1cccn1)c1cccc(COCC(F)(F)C(F)F)c1. The molecule has 0 spiro atoms. The highest BCUT2D eigenvalue weighted by Crippen LogP contribution is 2.23. The van der Waals surface area contributed by atoms with Gasteiger partial charge >= 0.3 is 12.3 Å². The van der Waals surface area contributed by atoms with E-state index in [1.807, 2.05) is 12.3 Å². The summed E-state index contributed by atoms with van der Waals surface area (Å²) in [6.45, 7) is -0.559. The van der Waals surface area contributed by atoms with Gasteiger partial charge < -0.3 is 10.1 Å². The average Bonchev–Trinajstić information content (AvgIpc) is 3.12. The lowest BCUT2D eigenvalue weighted by Gasteiger charge is -2.15. The summed E-state index contributed by atoms with van der Waals surface area (Å²) in [7, 11) is 0. The summed E-state index contributed by atoms with van der Waals surface area (Å²) >= 11 is 0. The molecule has 5 nitrogen and oxygen atoms in total. The van der Waals surface area contributed by atoms with Crippen LogP contribution in [0.3, 0.4) is 0 Å². The van der Waals surface area contributed by atoms with Gasteiger partial charge in [-0.25, -0.2) is 8.78 Å². The first-order valence-corrected chi connectivity index (χ1v) is 7.97. The van der Waals surface area contributed by atoms with E-state index in [-0.39, 0.29) is 12.5 Å². The van der Waals surface area contributed by atoms with Gasteiger partial charge in [-0.1, -0.05) is 12.1 Å². The fourth-order valence-electron chi connectivity index (χ4n) is 2.15. The molecule has 0 saturated heterocycles. The van der Waals surface area contributed by atoms with E-state index in [4.69, 9.17) is 0 Å². The molecule has 1 amide bonds. The van der Waals surface area contributed by atoms with Crippen molar-refractivity contribution in [2.75, 3.05) is 13.2 Å². The third kappa shape index (κ3) is 6.14. The molecule has 2 aromatic rings. The molecule has 142 valence electrons. The van der Waals surface area contributed by atoms with Crippen LogP contribution in [-0.2, 0) is 17.9 Å². The Kier molecular flexibility index (Phi) is 7.14. The van der Waals surface area contributed by atoms with Crippen LogP contribution in [0.25, 0.3) is 0 Å². The minimum absolute atomic E-state index is 0.289. The predicted octanol–water partition coefficient (Wildman–Crippen LogP) is 3.12. The molecule has 0 aliphatic rings. The van der Waals surface area contributed by atoms with E-state index in [0.717, 1.165) is 0 Å². The van der Waals surface area contributed by atoms with Crippen LogP contribution in [0.1, 0.15) is 22.3 Å². The Bertz CT molecular complexity index is 693. The number of aryl methyl sites for hydroxylation is 1. The van der Waals surface area contributed by atoms with Gasteiger partial charge in [0.2, 0.25) is 0 Å². The number of alkyl halides is 4. The fourth-order valence-corrected chi connectivity index (χ4v) is 2.15. The number of benzene rings is 1. The minimum Gasteiger partial charge on any atom is -0.370 e. The molecule has 1 heterocycles. The van der Waals surface area contributed by atoms with Crippen molar-refractivity contribution in [3.05, 3.63) is 53.9 Å². The van der Waals surface area contributed by atoms with E-state index in [9.17, 15) is 22.4 Å². The normalized spacial score (nSPS) is 11.7. The number of amides is 1. The molecule has 0 saturated carbocycles. The molecule has 0 aliphatic carbocycles. The number of hydrogen-bond acceptors (Lipinski definition) is 3. The van der Waals surface area contributed by atoms with Crippen molar-refractivity contribution in [1.82, 2.24) is 15.1 Å². The number of hydrogen-bond donors (Lipinski definition) is 1. The van der Waals surface area contributed by atoms with E-state index < -0.39 is 19.0 Å². The summed E-state index contributed by atoms with van der Waals surface area (Å²) in [5.41, 5.74) is 0.782. The third-order valence-electron chi connectivity index (χ3n) is 3.48. The van der Waals surface area contributed by atoms with Crippen LogP contribution < -0.4 is 5.32 Å². The Morgan fingerprint density at radius 1 is 1.31 bits per heavy atom. The van der Waals surface area contributed by atoms with Crippen LogP contribution >= 0.6 is 0 Å². The number of carbonyl (C=O) groups excluding carboxylic acids is 1. The fraction of sp³-hybridized carbons (Fsp3) is 0.412. The number of rotatable bonds is 10. The summed E-state index contributed by atoms with van der Waals surface area (Å²) in [5.74, 6) is -4.51. The lowest BCUT2D eigenvalue weighted by Crippen LogP contribution is -2.32. The maximum absolute atomic E-state index is 12.8. The number of nitrogens with zero attached hydrogens (tertiary/aromatic N) is 2. The Morgan fingerprint density at radius 3 is 2.81 bits per heavy atom. The van der Waals surface area contributed by atoms with Crippen molar-refractivity contribution in [1.29, 1.82) is 0 Å². The van der Waals surface area contributed by atoms with Gasteiger partial charge in [0.25, 0.3) is 5.91 Å². The van der Waals surface area contributed by atoms with Gasteiger partial charge in [0.1, 0.15) is 6.61 Å². The van der Waals surface area contributed by atoms with Gasteiger partial charge in [0.15, 0.2) is 0 Å². The van der Waals surface area contributed by atoms with Crippen molar-refractivity contribution in [2.24, 2.45) is 0 Å². The molecular formula is C17H19F4N3O2. The highest BCUT2D eigenvalue weighted by Gasteiger charge is 2.40. The molecule has 0 fully saturated rings. The standard InChI is InChI=1S/C17H19F4N3O2/c18-16(19)17(20,21)12-26-11-13-4-1-5-14(10-13)15(25)22-6-2-8-24-9-3-7-23-24/h1,3-5,7,9-10,16H,2,6,8,11-12H2,(H,22,25). The van der Waals surface area contributed by atoms with Crippen molar-refractivity contribution in [3.63, 3.8) is 0 Å². The zero-order valence-electron chi connectivity index (χ0n) is 13.9. The van der Waals surface area contributed by atoms with E-state index in [1.165, 1.54) is 6.07 Å². The molecule has 0 radical (unpaired) electrons. The second-order valence-electron chi connectivity index (χ2n) is 5.63. The Hall–Kier alpha value is -2.42. The van der Waals surface area contributed by atoms with Crippen LogP contribution in [0.5, 0.6) is 0 Å². The summed E-state index contributed by atoms with van der Waals surface area (Å²) in [6, 6.07) is 7.99. The van der Waals surface area contributed by atoms with Crippen LogP contribution in [0, 0.1) is 0 Å². The lowest BCUT2D eigenvalue weighted by atomic mass is 10.1. The predicted molar refractivity (Wildman–Crippen MR) is 86.2 cm³/mol. The molecule has 0 bridgehead atoms. The summed E-state index contributed by atoms with van der Waals surface area (Å²) in [6.07, 6.45) is 0.409. The van der Waals surface area contributed by atoms with Gasteiger partial charge in [-0.15, -0.1) is 0 Å².